The average molecular weight is 411 g/mol. The van der Waals surface area contributed by atoms with E-state index >= 15 is 0 Å². The van der Waals surface area contributed by atoms with Gasteiger partial charge in [0.25, 0.3) is 0 Å². The van der Waals surface area contributed by atoms with Gasteiger partial charge in [-0.3, -0.25) is 9.78 Å². The molecule has 1 aromatic carbocycles. The number of aromatic amines is 1. The van der Waals surface area contributed by atoms with Crippen molar-refractivity contribution in [1.82, 2.24) is 25.1 Å². The van der Waals surface area contributed by atoms with Gasteiger partial charge in [0.05, 0.1) is 5.69 Å². The number of H-pyrrole nitrogens is 1. The summed E-state index contributed by atoms with van der Waals surface area (Å²) in [5.74, 6) is 0.263. The predicted molar refractivity (Wildman–Crippen MR) is 117 cm³/mol. The third-order valence-electron chi connectivity index (χ3n) is 5.90. The van der Waals surface area contributed by atoms with Gasteiger partial charge in [0.15, 0.2) is 5.65 Å². The number of amides is 1. The standard InChI is InChI=1S/C24H21N5O2/c1-2-23(31)29-13-18(15-6-5-9-25-12-15)19(14-29)20-10-16-11-21(27-28-24(16)26-20)17-7-3-4-8-22(17)30/h2-12,18-19,30H,1,13-14H2,(H,26,28)/t18-,19-/m1/s1. The molecule has 31 heavy (non-hydrogen) atoms. The molecule has 1 fully saturated rings. The van der Waals surface area contributed by atoms with Crippen LogP contribution in [0.1, 0.15) is 23.1 Å². The maximum Gasteiger partial charge on any atom is 0.245 e. The van der Waals surface area contributed by atoms with Gasteiger partial charge in [-0.15, -0.1) is 10.2 Å². The molecule has 2 atom stereocenters. The summed E-state index contributed by atoms with van der Waals surface area (Å²) in [4.78, 5) is 21.8. The van der Waals surface area contributed by atoms with E-state index in [0.717, 1.165) is 16.6 Å². The topological polar surface area (TPSA) is 95.0 Å². The molecule has 7 nitrogen and oxygen atoms in total. The highest BCUT2D eigenvalue weighted by molar-refractivity contribution is 5.87. The number of pyridine rings is 1. The Hall–Kier alpha value is -4.00. The summed E-state index contributed by atoms with van der Waals surface area (Å²) in [6.45, 7) is 4.81. The van der Waals surface area contributed by atoms with Gasteiger partial charge in [-0.05, 0) is 42.0 Å². The molecule has 0 spiro atoms. The number of benzene rings is 1. The van der Waals surface area contributed by atoms with Gasteiger partial charge in [-0.2, -0.15) is 0 Å². The second kappa shape index (κ2) is 7.68. The number of nitrogens with zero attached hydrogens (tertiary/aromatic N) is 4. The molecule has 4 aromatic rings. The molecule has 7 heteroatoms. The minimum absolute atomic E-state index is 0.0656. The Labute approximate surface area is 179 Å². The van der Waals surface area contributed by atoms with Crippen molar-refractivity contribution in [2.45, 2.75) is 11.8 Å². The Morgan fingerprint density at radius 2 is 1.97 bits per heavy atom. The molecule has 0 unspecified atom stereocenters. The molecule has 2 N–H and O–H groups in total. The number of phenols is 1. The number of nitrogens with one attached hydrogen (secondary N) is 1. The number of phenolic OH excluding ortho intramolecular Hbond substituents is 1. The third-order valence-corrected chi connectivity index (χ3v) is 5.90. The van der Waals surface area contributed by atoms with Crippen LogP contribution in [0, 0.1) is 0 Å². The molecule has 0 saturated carbocycles. The fraction of sp³-hybridized carbons (Fsp3) is 0.167. The van der Waals surface area contributed by atoms with Gasteiger partial charge in [-0.25, -0.2) is 0 Å². The highest BCUT2D eigenvalue weighted by Crippen LogP contribution is 2.40. The Morgan fingerprint density at radius 3 is 2.74 bits per heavy atom. The van der Waals surface area contributed by atoms with E-state index < -0.39 is 0 Å². The lowest BCUT2D eigenvalue weighted by molar-refractivity contribution is -0.125. The molecule has 1 saturated heterocycles. The minimum atomic E-state index is -0.0749. The number of para-hydroxylation sites is 1. The lowest BCUT2D eigenvalue weighted by atomic mass is 9.87. The van der Waals surface area contributed by atoms with E-state index in [1.165, 1.54) is 6.08 Å². The first-order valence-electron chi connectivity index (χ1n) is 10.1. The smallest absolute Gasteiger partial charge is 0.245 e. The van der Waals surface area contributed by atoms with Crippen molar-refractivity contribution in [3.63, 3.8) is 0 Å². The first-order valence-corrected chi connectivity index (χ1v) is 10.1. The lowest BCUT2D eigenvalue weighted by Gasteiger charge is -2.16. The lowest BCUT2D eigenvalue weighted by Crippen LogP contribution is -2.26. The summed E-state index contributed by atoms with van der Waals surface area (Å²) in [6, 6.07) is 15.0. The molecule has 3 aromatic heterocycles. The molecular formula is C24H21N5O2. The van der Waals surface area contributed by atoms with Crippen LogP contribution in [0.5, 0.6) is 5.75 Å². The van der Waals surface area contributed by atoms with Gasteiger partial charge in [0.1, 0.15) is 5.75 Å². The van der Waals surface area contributed by atoms with Gasteiger partial charge in [0, 0.05) is 54.0 Å². The van der Waals surface area contributed by atoms with Crippen LogP contribution in [0.25, 0.3) is 22.3 Å². The molecule has 1 aliphatic rings. The molecule has 4 heterocycles. The average Bonchev–Trinajstić information content (AvgIpc) is 3.43. The van der Waals surface area contributed by atoms with Crippen LogP contribution in [0.2, 0.25) is 0 Å². The number of hydrogen-bond donors (Lipinski definition) is 2. The molecule has 1 aliphatic heterocycles. The van der Waals surface area contributed by atoms with Gasteiger partial charge >= 0.3 is 0 Å². The Balaban J connectivity index is 1.54. The number of carbonyl (C=O) groups excluding carboxylic acids is 1. The Kier molecular flexibility index (Phi) is 4.71. The van der Waals surface area contributed by atoms with Gasteiger partial charge in [0.2, 0.25) is 5.91 Å². The zero-order valence-electron chi connectivity index (χ0n) is 16.8. The monoisotopic (exact) mass is 411 g/mol. The SMILES string of the molecule is C=CC(=O)N1C[C@H](c2cccnc2)[C@H](c2cc3cc(-c4ccccc4O)nnc3[nH]2)C1. The van der Waals surface area contributed by atoms with Crippen molar-refractivity contribution in [2.75, 3.05) is 13.1 Å². The highest BCUT2D eigenvalue weighted by atomic mass is 16.3. The van der Waals surface area contributed by atoms with Crippen LogP contribution >= 0.6 is 0 Å². The molecule has 5 rings (SSSR count). The maximum atomic E-state index is 12.3. The fourth-order valence-corrected chi connectivity index (χ4v) is 4.34. The summed E-state index contributed by atoms with van der Waals surface area (Å²) in [5.41, 5.74) is 4.00. The van der Waals surface area contributed by atoms with Crippen LogP contribution in [-0.4, -0.2) is 49.2 Å². The molecular weight excluding hydrogens is 390 g/mol. The van der Waals surface area contributed by atoms with Crippen molar-refractivity contribution in [3.8, 4) is 17.0 Å². The number of rotatable bonds is 4. The first kappa shape index (κ1) is 19.0. The van der Waals surface area contributed by atoms with Crippen LogP contribution < -0.4 is 0 Å². The second-order valence-electron chi connectivity index (χ2n) is 7.72. The maximum absolute atomic E-state index is 12.3. The number of carbonyl (C=O) groups is 1. The van der Waals surface area contributed by atoms with Crippen LogP contribution in [0.15, 0.2) is 73.6 Å². The van der Waals surface area contributed by atoms with Gasteiger partial charge in [-0.1, -0.05) is 24.8 Å². The Morgan fingerprint density at radius 1 is 1.13 bits per heavy atom. The minimum Gasteiger partial charge on any atom is -0.507 e. The van der Waals surface area contributed by atoms with Crippen molar-refractivity contribution in [1.29, 1.82) is 0 Å². The highest BCUT2D eigenvalue weighted by Gasteiger charge is 2.37. The van der Waals surface area contributed by atoms with Crippen molar-refractivity contribution in [3.05, 3.63) is 84.8 Å². The van der Waals surface area contributed by atoms with E-state index in [1.54, 1.807) is 18.3 Å². The van der Waals surface area contributed by atoms with Gasteiger partial charge < -0.3 is 15.0 Å². The molecule has 0 bridgehead atoms. The number of hydrogen-bond acceptors (Lipinski definition) is 5. The fourth-order valence-electron chi connectivity index (χ4n) is 4.34. The van der Waals surface area contributed by atoms with E-state index in [2.05, 4.69) is 32.8 Å². The molecule has 1 amide bonds. The van der Waals surface area contributed by atoms with Crippen molar-refractivity contribution in [2.24, 2.45) is 0 Å². The zero-order chi connectivity index (χ0) is 21.4. The third kappa shape index (κ3) is 3.44. The van der Waals surface area contributed by atoms with Crippen LogP contribution in [-0.2, 0) is 4.79 Å². The van der Waals surface area contributed by atoms with Crippen LogP contribution in [0.4, 0.5) is 0 Å². The van der Waals surface area contributed by atoms with Crippen molar-refractivity contribution < 1.29 is 9.90 Å². The summed E-state index contributed by atoms with van der Waals surface area (Å²) in [6.07, 6.45) is 4.97. The van der Waals surface area contributed by atoms with E-state index in [9.17, 15) is 9.90 Å². The largest absolute Gasteiger partial charge is 0.507 e. The van der Waals surface area contributed by atoms with E-state index in [1.807, 2.05) is 41.4 Å². The molecule has 154 valence electrons. The summed E-state index contributed by atoms with van der Waals surface area (Å²) in [7, 11) is 0. The van der Waals surface area contributed by atoms with Crippen molar-refractivity contribution >= 4 is 16.9 Å². The number of likely N-dealkylation sites (tertiary alicyclic amines) is 1. The summed E-state index contributed by atoms with van der Waals surface area (Å²) in [5, 5.41) is 19.7. The van der Waals surface area contributed by atoms with E-state index in [4.69, 9.17) is 0 Å². The normalized spacial score (nSPS) is 18.4. The van der Waals surface area contributed by atoms with Crippen LogP contribution in [0.3, 0.4) is 0 Å². The molecule has 0 radical (unpaired) electrons. The first-order chi connectivity index (χ1) is 15.1. The quantitative estimate of drug-likeness (QED) is 0.500. The summed E-state index contributed by atoms with van der Waals surface area (Å²) < 4.78 is 0. The number of fused-ring (bicyclic) bond motifs is 1. The Bertz CT molecular complexity index is 1270. The molecule has 0 aliphatic carbocycles. The summed E-state index contributed by atoms with van der Waals surface area (Å²) >= 11 is 0. The second-order valence-corrected chi connectivity index (χ2v) is 7.72. The zero-order valence-corrected chi connectivity index (χ0v) is 16.8. The number of aromatic hydroxyl groups is 1. The van der Waals surface area contributed by atoms with E-state index in [0.29, 0.717) is 30.0 Å². The van der Waals surface area contributed by atoms with E-state index in [-0.39, 0.29) is 23.5 Å². The number of aromatic nitrogens is 4. The predicted octanol–water partition coefficient (Wildman–Crippen LogP) is 3.62.